The molecule has 1 N–H and O–H groups in total. The third-order valence-corrected chi connectivity index (χ3v) is 9.00. The molecule has 0 bridgehead atoms. The maximum atomic E-state index is 11.4. The van der Waals surface area contributed by atoms with E-state index >= 15 is 0 Å². The molecule has 0 aromatic rings. The molecular weight excluding hydrogens is 465 g/mol. The Morgan fingerprint density at radius 2 is 1.41 bits per heavy atom. The molecule has 1 aliphatic carbocycles. The van der Waals surface area contributed by atoms with Gasteiger partial charge in [-0.25, -0.2) is 0 Å². The molecule has 0 heterocycles. The second-order valence-electron chi connectivity index (χ2n) is 11.6. The van der Waals surface area contributed by atoms with Gasteiger partial charge in [-0.3, -0.25) is 4.57 Å². The van der Waals surface area contributed by atoms with Gasteiger partial charge in [0.15, 0.2) is 0 Å². The SMILES string of the molecule is CCCCCCCCCCCCCCCCS[C@@H]1CCC[C@@H](C(C[N+](C)(C)C)OP(=O)([O-])O)C1. The van der Waals surface area contributed by atoms with Crippen molar-refractivity contribution in [2.45, 2.75) is 134 Å². The van der Waals surface area contributed by atoms with Crippen molar-refractivity contribution >= 4 is 19.6 Å². The average molecular weight is 522 g/mol. The molecule has 0 aliphatic heterocycles. The van der Waals surface area contributed by atoms with Crippen molar-refractivity contribution in [3.8, 4) is 0 Å². The van der Waals surface area contributed by atoms with Crippen LogP contribution in [0, 0.1) is 5.92 Å². The Hall–Kier alpha value is 0.420. The highest BCUT2D eigenvalue weighted by Crippen LogP contribution is 2.41. The molecule has 0 radical (unpaired) electrons. The van der Waals surface area contributed by atoms with Gasteiger partial charge in [0.25, 0.3) is 7.82 Å². The van der Waals surface area contributed by atoms with Gasteiger partial charge in [-0.15, -0.1) is 0 Å². The molecule has 0 aromatic heterocycles. The second-order valence-corrected chi connectivity index (χ2v) is 14.2. The van der Waals surface area contributed by atoms with Crippen molar-refractivity contribution in [3.05, 3.63) is 0 Å². The van der Waals surface area contributed by atoms with Crippen LogP contribution in [-0.2, 0) is 9.09 Å². The maximum Gasteiger partial charge on any atom is 0.265 e. The lowest BCUT2D eigenvalue weighted by Gasteiger charge is -2.38. The lowest BCUT2D eigenvalue weighted by molar-refractivity contribution is -0.873. The topological polar surface area (TPSA) is 69.6 Å². The van der Waals surface area contributed by atoms with E-state index in [1.54, 1.807) is 0 Å². The van der Waals surface area contributed by atoms with E-state index in [4.69, 9.17) is 4.52 Å². The van der Waals surface area contributed by atoms with Crippen LogP contribution in [0.15, 0.2) is 0 Å². The van der Waals surface area contributed by atoms with Crippen LogP contribution in [0.5, 0.6) is 0 Å². The van der Waals surface area contributed by atoms with Crippen LogP contribution in [0.25, 0.3) is 0 Å². The van der Waals surface area contributed by atoms with E-state index < -0.39 is 13.9 Å². The molecule has 1 rings (SSSR count). The molecule has 1 aliphatic rings. The summed E-state index contributed by atoms with van der Waals surface area (Å²) in [5, 5.41) is 0.587. The number of unbranched alkanes of at least 4 members (excludes halogenated alkanes) is 13. The number of quaternary nitrogens is 1. The lowest BCUT2D eigenvalue weighted by atomic mass is 9.84. The van der Waals surface area contributed by atoms with E-state index in [1.165, 1.54) is 102 Å². The van der Waals surface area contributed by atoms with Crippen LogP contribution >= 0.6 is 19.6 Å². The Labute approximate surface area is 216 Å². The normalized spacial score (nSPS) is 21.9. The fraction of sp³-hybridized carbons (Fsp3) is 1.00. The summed E-state index contributed by atoms with van der Waals surface area (Å²) >= 11 is 2.07. The first kappa shape index (κ1) is 32.4. The van der Waals surface area contributed by atoms with Gasteiger partial charge in [0.2, 0.25) is 0 Å². The van der Waals surface area contributed by atoms with Gasteiger partial charge in [0, 0.05) is 5.25 Å². The number of hydrogen-bond acceptors (Lipinski definition) is 4. The number of phosphoric acid groups is 1. The summed E-state index contributed by atoms with van der Waals surface area (Å²) < 4.78 is 17.2. The Morgan fingerprint density at radius 1 is 0.912 bits per heavy atom. The molecule has 4 atom stereocenters. The van der Waals surface area contributed by atoms with Gasteiger partial charge in [-0.2, -0.15) is 11.8 Å². The number of hydrogen-bond donors (Lipinski definition) is 1. The highest BCUT2D eigenvalue weighted by molar-refractivity contribution is 7.99. The largest absolute Gasteiger partial charge is 0.756 e. The number of rotatable bonds is 21. The highest BCUT2D eigenvalue weighted by Gasteiger charge is 2.34. The zero-order valence-electron chi connectivity index (χ0n) is 22.8. The summed E-state index contributed by atoms with van der Waals surface area (Å²) in [7, 11) is 1.39. The highest BCUT2D eigenvalue weighted by atomic mass is 32.2. The van der Waals surface area contributed by atoms with E-state index in [2.05, 4.69) is 18.7 Å². The van der Waals surface area contributed by atoms with Gasteiger partial charge >= 0.3 is 0 Å². The van der Waals surface area contributed by atoms with Crippen LogP contribution in [0.2, 0.25) is 0 Å². The molecule has 0 saturated heterocycles. The Morgan fingerprint density at radius 3 is 1.88 bits per heavy atom. The van der Waals surface area contributed by atoms with Crippen LogP contribution in [0.4, 0.5) is 0 Å². The quantitative estimate of drug-likeness (QED) is 0.0974. The van der Waals surface area contributed by atoms with E-state index in [0.717, 1.165) is 19.3 Å². The summed E-state index contributed by atoms with van der Waals surface area (Å²) in [4.78, 5) is 20.7. The van der Waals surface area contributed by atoms with Crippen molar-refractivity contribution < 1.29 is 23.4 Å². The van der Waals surface area contributed by atoms with Crippen LogP contribution in [0.3, 0.4) is 0 Å². The van der Waals surface area contributed by atoms with Crippen LogP contribution < -0.4 is 4.89 Å². The van der Waals surface area contributed by atoms with Crippen molar-refractivity contribution in [3.63, 3.8) is 0 Å². The number of likely N-dealkylation sites (N-methyl/N-ethyl adjacent to an activating group) is 1. The summed E-state index contributed by atoms with van der Waals surface area (Å²) in [5.41, 5.74) is 0. The molecule has 0 spiro atoms. The molecule has 34 heavy (non-hydrogen) atoms. The summed E-state index contributed by atoms with van der Waals surface area (Å²) in [6, 6.07) is 0. The molecule has 1 fully saturated rings. The predicted molar refractivity (Wildman–Crippen MR) is 146 cm³/mol. The van der Waals surface area contributed by atoms with Crippen molar-refractivity contribution in [1.29, 1.82) is 0 Å². The molecule has 5 nitrogen and oxygen atoms in total. The average Bonchev–Trinajstić information content (AvgIpc) is 2.74. The van der Waals surface area contributed by atoms with E-state index in [-0.39, 0.29) is 5.92 Å². The zero-order valence-corrected chi connectivity index (χ0v) is 24.6. The van der Waals surface area contributed by atoms with Crippen molar-refractivity contribution in [2.75, 3.05) is 33.4 Å². The fourth-order valence-electron chi connectivity index (χ4n) is 5.20. The summed E-state index contributed by atoms with van der Waals surface area (Å²) in [5.74, 6) is 1.41. The lowest BCUT2D eigenvalue weighted by Crippen LogP contribution is -2.46. The van der Waals surface area contributed by atoms with Gasteiger partial charge in [-0.1, -0.05) is 96.8 Å². The third kappa shape index (κ3) is 18.7. The zero-order chi connectivity index (χ0) is 25.3. The minimum atomic E-state index is -4.71. The Balaban J connectivity index is 2.09. The van der Waals surface area contributed by atoms with E-state index in [0.29, 0.717) is 16.3 Å². The van der Waals surface area contributed by atoms with Gasteiger partial charge in [0.1, 0.15) is 12.6 Å². The molecule has 0 aromatic carbocycles. The molecule has 7 heteroatoms. The minimum absolute atomic E-state index is 0.203. The molecule has 1 saturated carbocycles. The van der Waals surface area contributed by atoms with E-state index in [1.807, 2.05) is 21.1 Å². The molecule has 2 unspecified atom stereocenters. The smallest absolute Gasteiger partial charge is 0.265 e. The molecule has 204 valence electrons. The minimum Gasteiger partial charge on any atom is -0.756 e. The first-order valence-electron chi connectivity index (χ1n) is 14.2. The van der Waals surface area contributed by atoms with Gasteiger partial charge in [0.05, 0.1) is 21.1 Å². The molecule has 0 amide bonds. The maximum absolute atomic E-state index is 11.4. The standard InChI is InChI=1S/C27H56NO4PS/c1-5-6-7-8-9-10-11-12-13-14-15-16-17-18-22-34-26-21-19-20-25(23-26)27(24-28(2,3)4)32-33(29,30)31/h25-27H,5-24H2,1-4H3,(H-,29,30,31)/t25-,26-,27?/m1/s1. The Bertz CT molecular complexity index is 537. The third-order valence-electron chi connectivity index (χ3n) is 7.04. The number of thioether (sulfide) groups is 1. The van der Waals surface area contributed by atoms with Gasteiger partial charge < -0.3 is 18.8 Å². The number of phosphoric ester groups is 1. The monoisotopic (exact) mass is 521 g/mol. The first-order chi connectivity index (χ1) is 16.1. The summed E-state index contributed by atoms with van der Waals surface area (Å²) in [6.45, 7) is 2.87. The Kier molecular flexibility index (Phi) is 17.8. The fourth-order valence-corrected chi connectivity index (χ4v) is 7.20. The summed E-state index contributed by atoms with van der Waals surface area (Å²) in [6.07, 6.45) is 23.4. The molecular formula is C27H56NO4PS. The second kappa shape index (κ2) is 18.6. The predicted octanol–water partition coefficient (Wildman–Crippen LogP) is 7.31. The number of nitrogens with zero attached hydrogens (tertiary/aromatic N) is 1. The van der Waals surface area contributed by atoms with Crippen molar-refractivity contribution in [1.82, 2.24) is 0 Å². The van der Waals surface area contributed by atoms with Gasteiger partial charge in [-0.05, 0) is 37.4 Å². The van der Waals surface area contributed by atoms with Crippen LogP contribution in [-0.4, -0.2) is 54.2 Å². The van der Waals surface area contributed by atoms with Crippen LogP contribution in [0.1, 0.15) is 122 Å². The van der Waals surface area contributed by atoms with Crippen molar-refractivity contribution in [2.24, 2.45) is 5.92 Å². The first-order valence-corrected chi connectivity index (χ1v) is 16.8. The van der Waals surface area contributed by atoms with E-state index in [9.17, 15) is 14.4 Å².